The van der Waals surface area contributed by atoms with Crippen molar-refractivity contribution in [1.29, 1.82) is 0 Å². The normalized spacial score (nSPS) is 11.6. The number of benzene rings is 3. The molecule has 5 rings (SSSR count). The fourth-order valence-electron chi connectivity index (χ4n) is 4.23. The Hall–Kier alpha value is -3.40. The molecule has 0 spiro atoms. The Balaban J connectivity index is 1.39. The average molecular weight is 423 g/mol. The van der Waals surface area contributed by atoms with Gasteiger partial charge in [0.25, 0.3) is 0 Å². The zero-order valence-corrected chi connectivity index (χ0v) is 18.9. The van der Waals surface area contributed by atoms with Gasteiger partial charge in [-0.05, 0) is 61.1 Å². The minimum absolute atomic E-state index is 0.907. The van der Waals surface area contributed by atoms with Crippen molar-refractivity contribution < 1.29 is 0 Å². The van der Waals surface area contributed by atoms with Gasteiger partial charge in [-0.3, -0.25) is 0 Å². The van der Waals surface area contributed by atoms with Crippen molar-refractivity contribution in [2.45, 2.75) is 52.4 Å². The van der Waals surface area contributed by atoms with E-state index in [2.05, 4.69) is 84.5 Å². The second kappa shape index (κ2) is 8.99. The van der Waals surface area contributed by atoms with Gasteiger partial charge in [0.1, 0.15) is 11.6 Å². The first-order valence-electron chi connectivity index (χ1n) is 11.8. The lowest BCUT2D eigenvalue weighted by molar-refractivity contribution is 0.796. The fraction of sp³-hybridized carbons (Fsp3) is 0.286. The molecular formula is C28H30N4. The van der Waals surface area contributed by atoms with Crippen LogP contribution in [0.1, 0.15) is 50.7 Å². The summed E-state index contributed by atoms with van der Waals surface area (Å²) in [6.45, 7) is 4.45. The second-order valence-corrected chi connectivity index (χ2v) is 8.66. The molecule has 0 bridgehead atoms. The van der Waals surface area contributed by atoms with Crippen LogP contribution in [0.4, 0.5) is 0 Å². The summed E-state index contributed by atoms with van der Waals surface area (Å²) in [4.78, 5) is 16.6. The van der Waals surface area contributed by atoms with Crippen LogP contribution < -0.4 is 0 Å². The molecule has 162 valence electrons. The van der Waals surface area contributed by atoms with Crippen LogP contribution in [0.2, 0.25) is 0 Å². The van der Waals surface area contributed by atoms with E-state index in [1.807, 2.05) is 0 Å². The molecule has 4 nitrogen and oxygen atoms in total. The molecule has 2 heterocycles. The standard InChI is InChI=1S/C28H30N4/c1-3-5-7-19-9-15-23-25(17-19)31-27(29-23)21-11-13-22(14-12-21)28-30-24-16-10-20(8-6-4-2)18-26(24)32-28/h9-18H,3-8H2,1-2H3,(H,29,31)(H,30,32). The Morgan fingerprint density at radius 1 is 0.594 bits per heavy atom. The summed E-state index contributed by atoms with van der Waals surface area (Å²) >= 11 is 0. The van der Waals surface area contributed by atoms with Gasteiger partial charge >= 0.3 is 0 Å². The number of nitrogens with one attached hydrogen (secondary N) is 2. The molecule has 2 aromatic heterocycles. The van der Waals surface area contributed by atoms with E-state index in [1.54, 1.807) is 0 Å². The molecule has 5 aromatic rings. The average Bonchev–Trinajstić information content (AvgIpc) is 3.45. The molecule has 2 N–H and O–H groups in total. The highest BCUT2D eigenvalue weighted by atomic mass is 14.9. The number of H-pyrrole nitrogens is 2. The maximum Gasteiger partial charge on any atom is 0.138 e. The monoisotopic (exact) mass is 422 g/mol. The van der Waals surface area contributed by atoms with Crippen molar-refractivity contribution in [3.63, 3.8) is 0 Å². The lowest BCUT2D eigenvalue weighted by atomic mass is 10.1. The first-order valence-corrected chi connectivity index (χ1v) is 11.8. The molecule has 0 aliphatic heterocycles. The topological polar surface area (TPSA) is 57.4 Å². The summed E-state index contributed by atoms with van der Waals surface area (Å²) in [5, 5.41) is 0. The van der Waals surface area contributed by atoms with E-state index in [9.17, 15) is 0 Å². The van der Waals surface area contributed by atoms with Gasteiger partial charge in [-0.1, -0.05) is 63.1 Å². The molecule has 4 heteroatoms. The molecule has 0 unspecified atom stereocenters. The van der Waals surface area contributed by atoms with E-state index in [0.717, 1.165) is 57.7 Å². The van der Waals surface area contributed by atoms with Crippen LogP contribution in [0.15, 0.2) is 60.7 Å². The lowest BCUT2D eigenvalue weighted by Gasteiger charge is -1.99. The predicted octanol–water partition coefficient (Wildman–Crippen LogP) is 7.46. The highest BCUT2D eigenvalue weighted by Crippen LogP contribution is 2.26. The van der Waals surface area contributed by atoms with Crippen molar-refractivity contribution >= 4 is 22.1 Å². The third-order valence-electron chi connectivity index (χ3n) is 6.16. The van der Waals surface area contributed by atoms with Crippen LogP contribution in [-0.2, 0) is 12.8 Å². The fourth-order valence-corrected chi connectivity index (χ4v) is 4.23. The summed E-state index contributed by atoms with van der Waals surface area (Å²) in [7, 11) is 0. The smallest absolute Gasteiger partial charge is 0.138 e. The van der Waals surface area contributed by atoms with Gasteiger partial charge in [0.15, 0.2) is 0 Å². The molecule has 0 aliphatic rings. The Kier molecular flexibility index (Phi) is 5.76. The highest BCUT2D eigenvalue weighted by Gasteiger charge is 2.09. The van der Waals surface area contributed by atoms with E-state index in [4.69, 9.17) is 9.97 Å². The summed E-state index contributed by atoms with van der Waals surface area (Å²) in [6, 6.07) is 21.6. The first kappa shape index (κ1) is 20.5. The number of unbranched alkanes of at least 4 members (excludes halogenated alkanes) is 2. The zero-order valence-electron chi connectivity index (χ0n) is 18.9. The Morgan fingerprint density at radius 2 is 1.03 bits per heavy atom. The van der Waals surface area contributed by atoms with Crippen molar-refractivity contribution in [3.05, 3.63) is 71.8 Å². The predicted molar refractivity (Wildman–Crippen MR) is 134 cm³/mol. The third kappa shape index (κ3) is 4.18. The van der Waals surface area contributed by atoms with Gasteiger partial charge in [0.05, 0.1) is 22.1 Å². The molecule has 0 amide bonds. The molecule has 0 radical (unpaired) electrons. The quantitative estimate of drug-likeness (QED) is 0.273. The van der Waals surface area contributed by atoms with E-state index in [0.29, 0.717) is 0 Å². The van der Waals surface area contributed by atoms with Crippen LogP contribution in [0.3, 0.4) is 0 Å². The van der Waals surface area contributed by atoms with Gasteiger partial charge in [0.2, 0.25) is 0 Å². The molecule has 3 aromatic carbocycles. The number of nitrogens with zero attached hydrogens (tertiary/aromatic N) is 2. The van der Waals surface area contributed by atoms with Gasteiger partial charge in [0, 0.05) is 11.1 Å². The Labute approximate surface area is 189 Å². The van der Waals surface area contributed by atoms with Gasteiger partial charge in [-0.25, -0.2) is 9.97 Å². The number of hydrogen-bond donors (Lipinski definition) is 2. The maximum atomic E-state index is 4.84. The van der Waals surface area contributed by atoms with E-state index < -0.39 is 0 Å². The Morgan fingerprint density at radius 3 is 1.44 bits per heavy atom. The second-order valence-electron chi connectivity index (χ2n) is 8.66. The number of rotatable bonds is 8. The van der Waals surface area contributed by atoms with Crippen molar-refractivity contribution in [2.75, 3.05) is 0 Å². The van der Waals surface area contributed by atoms with Gasteiger partial charge in [-0.15, -0.1) is 0 Å². The number of aromatic nitrogens is 4. The highest BCUT2D eigenvalue weighted by molar-refractivity contribution is 5.82. The number of imidazole rings is 2. The first-order chi connectivity index (χ1) is 15.7. The number of aromatic amines is 2. The molecule has 0 atom stereocenters. The molecular weight excluding hydrogens is 392 g/mol. The zero-order chi connectivity index (χ0) is 21.9. The van der Waals surface area contributed by atoms with Crippen LogP contribution in [0, 0.1) is 0 Å². The van der Waals surface area contributed by atoms with Gasteiger partial charge < -0.3 is 9.97 Å². The number of aryl methyl sites for hydroxylation is 2. The van der Waals surface area contributed by atoms with E-state index in [1.165, 1.54) is 36.8 Å². The minimum Gasteiger partial charge on any atom is -0.338 e. The Bertz CT molecular complexity index is 1240. The molecule has 0 fully saturated rings. The third-order valence-corrected chi connectivity index (χ3v) is 6.16. The van der Waals surface area contributed by atoms with Crippen molar-refractivity contribution in [3.8, 4) is 22.8 Å². The lowest BCUT2D eigenvalue weighted by Crippen LogP contribution is -1.84. The summed E-state index contributed by atoms with van der Waals surface area (Å²) in [5.41, 5.74) is 9.12. The summed E-state index contributed by atoms with van der Waals surface area (Å²) in [5.74, 6) is 1.81. The number of fused-ring (bicyclic) bond motifs is 2. The summed E-state index contributed by atoms with van der Waals surface area (Å²) < 4.78 is 0. The molecule has 0 aliphatic carbocycles. The van der Waals surface area contributed by atoms with Crippen LogP contribution in [-0.4, -0.2) is 19.9 Å². The summed E-state index contributed by atoms with van der Waals surface area (Å²) in [6.07, 6.45) is 7.07. The number of hydrogen-bond acceptors (Lipinski definition) is 2. The van der Waals surface area contributed by atoms with Crippen LogP contribution in [0.25, 0.3) is 44.8 Å². The molecule has 0 saturated carbocycles. The maximum absolute atomic E-state index is 4.84. The molecule has 32 heavy (non-hydrogen) atoms. The van der Waals surface area contributed by atoms with Gasteiger partial charge in [-0.2, -0.15) is 0 Å². The van der Waals surface area contributed by atoms with Crippen LogP contribution >= 0.6 is 0 Å². The minimum atomic E-state index is 0.907. The van der Waals surface area contributed by atoms with Crippen LogP contribution in [0.5, 0.6) is 0 Å². The molecule has 0 saturated heterocycles. The van der Waals surface area contributed by atoms with E-state index >= 15 is 0 Å². The SMILES string of the molecule is CCCCc1ccc2[nH]c(-c3ccc(-c4nc5cc(CCCC)ccc5[nH]4)cc3)nc2c1. The largest absolute Gasteiger partial charge is 0.338 e. The van der Waals surface area contributed by atoms with E-state index in [-0.39, 0.29) is 0 Å². The van der Waals surface area contributed by atoms with Crippen molar-refractivity contribution in [2.24, 2.45) is 0 Å². The van der Waals surface area contributed by atoms with Crippen molar-refractivity contribution in [1.82, 2.24) is 19.9 Å².